The first-order valence-electron chi connectivity index (χ1n) is 9.75. The number of hydrogen-bond donors (Lipinski definition) is 2. The highest BCUT2D eigenvalue weighted by Gasteiger charge is 2.29. The molecule has 2 amide bonds. The Bertz CT molecular complexity index is 1020. The Morgan fingerprint density at radius 3 is 2.30 bits per heavy atom. The molecule has 0 aliphatic rings. The molecule has 2 N–H and O–H groups in total. The van der Waals surface area contributed by atoms with Crippen molar-refractivity contribution in [3.8, 4) is 0 Å². The van der Waals surface area contributed by atoms with Gasteiger partial charge in [0, 0.05) is 6.54 Å². The Kier molecular flexibility index (Phi) is 7.61. The number of carbonyl (C=O) groups excluding carboxylic acids is 2. The van der Waals surface area contributed by atoms with Crippen LogP contribution in [0.15, 0.2) is 48.5 Å². The van der Waals surface area contributed by atoms with E-state index in [0.717, 1.165) is 16.1 Å². The van der Waals surface area contributed by atoms with Gasteiger partial charge in [-0.05, 0) is 49.6 Å². The van der Waals surface area contributed by atoms with Crippen LogP contribution in [0.2, 0.25) is 0 Å². The van der Waals surface area contributed by atoms with Crippen LogP contribution in [0.4, 0.5) is 11.4 Å². The fourth-order valence-electron chi connectivity index (χ4n) is 2.99. The Morgan fingerprint density at radius 2 is 1.70 bits per heavy atom. The molecule has 162 valence electrons. The van der Waals surface area contributed by atoms with Crippen molar-refractivity contribution in [2.24, 2.45) is 5.92 Å². The summed E-state index contributed by atoms with van der Waals surface area (Å²) in [7, 11) is -3.72. The zero-order valence-corrected chi connectivity index (χ0v) is 18.8. The lowest BCUT2D eigenvalue weighted by molar-refractivity contribution is -0.116. The first-order valence-corrected chi connectivity index (χ1v) is 11.6. The third-order valence-corrected chi connectivity index (χ3v) is 5.69. The molecule has 0 saturated carbocycles. The van der Waals surface area contributed by atoms with E-state index < -0.39 is 22.0 Å². The van der Waals surface area contributed by atoms with Crippen molar-refractivity contribution in [3.05, 3.63) is 59.7 Å². The number of nitrogens with zero attached hydrogens (tertiary/aromatic N) is 1. The van der Waals surface area contributed by atoms with E-state index in [9.17, 15) is 18.0 Å². The molecule has 1 unspecified atom stereocenters. The highest BCUT2D eigenvalue weighted by atomic mass is 32.2. The van der Waals surface area contributed by atoms with Crippen LogP contribution in [0.3, 0.4) is 0 Å². The second-order valence-electron chi connectivity index (χ2n) is 7.71. The molecule has 30 heavy (non-hydrogen) atoms. The van der Waals surface area contributed by atoms with Gasteiger partial charge in [-0.15, -0.1) is 0 Å². The SMILES string of the molecule is Cc1cccc(N(C(C)C(=O)Nc2ccccc2C(=O)NCC(C)C)S(C)(=O)=O)c1. The van der Waals surface area contributed by atoms with Crippen LogP contribution < -0.4 is 14.9 Å². The van der Waals surface area contributed by atoms with Crippen LogP contribution in [0.1, 0.15) is 36.7 Å². The van der Waals surface area contributed by atoms with E-state index in [4.69, 9.17) is 0 Å². The van der Waals surface area contributed by atoms with E-state index in [1.165, 1.54) is 6.92 Å². The average molecular weight is 432 g/mol. The largest absolute Gasteiger partial charge is 0.352 e. The Balaban J connectivity index is 2.29. The number of rotatable bonds is 8. The number of benzene rings is 2. The smallest absolute Gasteiger partial charge is 0.253 e. The Hall–Kier alpha value is -2.87. The van der Waals surface area contributed by atoms with Crippen molar-refractivity contribution in [1.29, 1.82) is 0 Å². The van der Waals surface area contributed by atoms with Gasteiger partial charge < -0.3 is 10.6 Å². The van der Waals surface area contributed by atoms with Crippen molar-refractivity contribution >= 4 is 33.2 Å². The van der Waals surface area contributed by atoms with Crippen LogP contribution in [0.5, 0.6) is 0 Å². The molecule has 0 saturated heterocycles. The minimum Gasteiger partial charge on any atom is -0.352 e. The second kappa shape index (κ2) is 9.75. The third-order valence-electron chi connectivity index (χ3n) is 4.45. The number of sulfonamides is 1. The van der Waals surface area contributed by atoms with E-state index in [1.807, 2.05) is 26.8 Å². The molecule has 2 aromatic carbocycles. The lowest BCUT2D eigenvalue weighted by Crippen LogP contribution is -2.45. The summed E-state index contributed by atoms with van der Waals surface area (Å²) in [5.74, 6) is -0.551. The van der Waals surface area contributed by atoms with Crippen molar-refractivity contribution in [2.75, 3.05) is 22.4 Å². The molecule has 0 fully saturated rings. The van der Waals surface area contributed by atoms with E-state index in [1.54, 1.807) is 42.5 Å². The maximum Gasteiger partial charge on any atom is 0.253 e. The number of hydrogen-bond acceptors (Lipinski definition) is 4. The van der Waals surface area contributed by atoms with Gasteiger partial charge in [0.15, 0.2) is 0 Å². The quantitative estimate of drug-likeness (QED) is 0.671. The number of para-hydroxylation sites is 1. The first kappa shape index (κ1) is 23.4. The zero-order valence-electron chi connectivity index (χ0n) is 18.0. The van der Waals surface area contributed by atoms with Gasteiger partial charge in [-0.2, -0.15) is 0 Å². The first-order chi connectivity index (χ1) is 14.0. The molecule has 0 bridgehead atoms. The van der Waals surface area contributed by atoms with E-state index in [-0.39, 0.29) is 11.8 Å². The lowest BCUT2D eigenvalue weighted by atomic mass is 10.1. The number of anilines is 2. The van der Waals surface area contributed by atoms with Crippen LogP contribution in [0, 0.1) is 12.8 Å². The van der Waals surface area contributed by atoms with E-state index in [0.29, 0.717) is 23.5 Å². The summed E-state index contributed by atoms with van der Waals surface area (Å²) in [6.07, 6.45) is 1.06. The monoisotopic (exact) mass is 431 g/mol. The highest BCUT2D eigenvalue weighted by Crippen LogP contribution is 2.23. The zero-order chi connectivity index (χ0) is 22.5. The summed E-state index contributed by atoms with van der Waals surface area (Å²) in [5.41, 5.74) is 1.93. The average Bonchev–Trinajstić information content (AvgIpc) is 2.65. The number of aryl methyl sites for hydroxylation is 1. The van der Waals surface area contributed by atoms with Gasteiger partial charge in [-0.3, -0.25) is 13.9 Å². The van der Waals surface area contributed by atoms with Crippen LogP contribution in [0.25, 0.3) is 0 Å². The number of amides is 2. The fourth-order valence-corrected chi connectivity index (χ4v) is 4.16. The predicted octanol–water partition coefficient (Wildman–Crippen LogP) is 3.17. The molecule has 0 aliphatic heterocycles. The minimum absolute atomic E-state index is 0.286. The van der Waals surface area contributed by atoms with Gasteiger partial charge in [0.25, 0.3) is 5.91 Å². The summed E-state index contributed by atoms with van der Waals surface area (Å²) in [5, 5.41) is 5.53. The summed E-state index contributed by atoms with van der Waals surface area (Å²) >= 11 is 0. The number of nitrogens with one attached hydrogen (secondary N) is 2. The molecule has 0 radical (unpaired) electrons. The fraction of sp³-hybridized carbons (Fsp3) is 0.364. The molecule has 0 aromatic heterocycles. The predicted molar refractivity (Wildman–Crippen MR) is 120 cm³/mol. The molecule has 8 heteroatoms. The van der Waals surface area contributed by atoms with Crippen molar-refractivity contribution in [1.82, 2.24) is 5.32 Å². The van der Waals surface area contributed by atoms with Crippen LogP contribution in [-0.2, 0) is 14.8 Å². The summed E-state index contributed by atoms with van der Waals surface area (Å²) < 4.78 is 26.0. The number of carbonyl (C=O) groups is 2. The molecule has 0 spiro atoms. The molecule has 0 aliphatic carbocycles. The van der Waals surface area contributed by atoms with Crippen molar-refractivity contribution in [3.63, 3.8) is 0 Å². The van der Waals surface area contributed by atoms with Crippen molar-refractivity contribution in [2.45, 2.75) is 33.7 Å². The molecule has 7 nitrogen and oxygen atoms in total. The maximum atomic E-state index is 13.0. The molecule has 2 rings (SSSR count). The third kappa shape index (κ3) is 6.06. The van der Waals surface area contributed by atoms with Gasteiger partial charge in [0.05, 0.1) is 23.2 Å². The van der Waals surface area contributed by atoms with Gasteiger partial charge in [0.1, 0.15) is 6.04 Å². The second-order valence-corrected chi connectivity index (χ2v) is 9.57. The van der Waals surface area contributed by atoms with Gasteiger partial charge in [0.2, 0.25) is 15.9 Å². The Labute approximate surface area is 178 Å². The van der Waals surface area contributed by atoms with Crippen LogP contribution >= 0.6 is 0 Å². The standard InChI is InChI=1S/C22H29N3O4S/c1-15(2)14-23-22(27)19-11-6-7-12-20(19)24-21(26)17(4)25(30(5,28)29)18-10-8-9-16(3)13-18/h6-13,15,17H,14H2,1-5H3,(H,23,27)(H,24,26). The van der Waals surface area contributed by atoms with Gasteiger partial charge >= 0.3 is 0 Å². The minimum atomic E-state index is -3.72. The maximum absolute atomic E-state index is 13.0. The summed E-state index contributed by atoms with van der Waals surface area (Å²) in [4.78, 5) is 25.5. The van der Waals surface area contributed by atoms with Crippen LogP contribution in [-0.4, -0.2) is 39.1 Å². The molecular formula is C22H29N3O4S. The van der Waals surface area contributed by atoms with Gasteiger partial charge in [-0.25, -0.2) is 8.42 Å². The van der Waals surface area contributed by atoms with Gasteiger partial charge in [-0.1, -0.05) is 38.1 Å². The molecule has 1 atom stereocenters. The highest BCUT2D eigenvalue weighted by molar-refractivity contribution is 7.92. The Morgan fingerprint density at radius 1 is 1.03 bits per heavy atom. The molecule has 2 aromatic rings. The van der Waals surface area contributed by atoms with Crippen molar-refractivity contribution < 1.29 is 18.0 Å². The lowest BCUT2D eigenvalue weighted by Gasteiger charge is -2.28. The van der Waals surface area contributed by atoms with E-state index >= 15 is 0 Å². The normalized spacial score (nSPS) is 12.3. The molecule has 0 heterocycles. The molecular weight excluding hydrogens is 402 g/mol. The van der Waals surface area contributed by atoms with E-state index in [2.05, 4.69) is 10.6 Å². The topological polar surface area (TPSA) is 95.6 Å². The summed E-state index contributed by atoms with van der Waals surface area (Å²) in [6, 6.07) is 12.6. The summed E-state index contributed by atoms with van der Waals surface area (Å²) in [6.45, 7) is 7.84.